The lowest BCUT2D eigenvalue weighted by atomic mass is 9.86. The predicted molar refractivity (Wildman–Crippen MR) is 145 cm³/mol. The van der Waals surface area contributed by atoms with Gasteiger partial charge >= 0.3 is 11.9 Å². The second-order valence-electron chi connectivity index (χ2n) is 13.2. The van der Waals surface area contributed by atoms with Crippen molar-refractivity contribution < 1.29 is 34.5 Å². The van der Waals surface area contributed by atoms with E-state index in [1.807, 2.05) is 4.90 Å². The van der Waals surface area contributed by atoms with Crippen LogP contribution in [0.2, 0.25) is 0 Å². The number of hydrogen-bond donors (Lipinski definition) is 3. The zero-order chi connectivity index (χ0) is 28.6. The molecule has 2 heterocycles. The van der Waals surface area contributed by atoms with Crippen molar-refractivity contribution in [3.63, 3.8) is 0 Å². The summed E-state index contributed by atoms with van der Waals surface area (Å²) in [5, 5.41) is 29.9. The lowest BCUT2D eigenvalue weighted by molar-refractivity contribution is -0.147. The van der Waals surface area contributed by atoms with E-state index in [1.165, 1.54) is 0 Å². The summed E-state index contributed by atoms with van der Waals surface area (Å²) < 4.78 is 0. The van der Waals surface area contributed by atoms with Gasteiger partial charge in [0.15, 0.2) is 0 Å². The molecule has 5 fully saturated rings. The Hall–Kier alpha value is -2.24. The Kier molecular flexibility index (Phi) is 9.01. The summed E-state index contributed by atoms with van der Waals surface area (Å²) in [6, 6.07) is -0.675. The minimum Gasteiger partial charge on any atom is -0.480 e. The molecular weight excluding hydrogens is 516 g/mol. The van der Waals surface area contributed by atoms with E-state index >= 15 is 0 Å². The molecule has 2 aliphatic heterocycles. The molecule has 4 unspecified atom stereocenters. The lowest BCUT2D eigenvalue weighted by Crippen LogP contribution is -2.60. The molecule has 40 heavy (non-hydrogen) atoms. The van der Waals surface area contributed by atoms with Crippen molar-refractivity contribution in [2.24, 2.45) is 29.6 Å². The number of hydrogen-bond acceptors (Lipinski definition) is 7. The van der Waals surface area contributed by atoms with Gasteiger partial charge in [-0.25, -0.2) is 0 Å². The summed E-state index contributed by atoms with van der Waals surface area (Å²) in [4.78, 5) is 57.9. The maximum atomic E-state index is 13.5. The van der Waals surface area contributed by atoms with Crippen LogP contribution in [0.4, 0.5) is 0 Å². The summed E-state index contributed by atoms with van der Waals surface area (Å²) in [6.07, 6.45) is 6.70. The number of carboxylic acids is 2. The average molecular weight is 563 g/mol. The van der Waals surface area contributed by atoms with Crippen LogP contribution < -0.4 is 0 Å². The van der Waals surface area contributed by atoms with Gasteiger partial charge in [0.05, 0.1) is 32.3 Å². The fourth-order valence-electron chi connectivity index (χ4n) is 8.52. The molecular formula is C29H46N4O7. The van der Waals surface area contributed by atoms with Crippen LogP contribution in [0.1, 0.15) is 58.3 Å². The Morgan fingerprint density at radius 2 is 1.00 bits per heavy atom. The van der Waals surface area contributed by atoms with Crippen molar-refractivity contribution in [1.82, 2.24) is 19.6 Å². The zero-order valence-corrected chi connectivity index (χ0v) is 23.7. The first-order chi connectivity index (χ1) is 19.1. The highest BCUT2D eigenvalue weighted by Crippen LogP contribution is 2.41. The smallest absolute Gasteiger partial charge is 0.317 e. The zero-order valence-electron chi connectivity index (χ0n) is 23.7. The third-order valence-corrected chi connectivity index (χ3v) is 10.8. The van der Waals surface area contributed by atoms with E-state index in [0.29, 0.717) is 43.7 Å². The first-order valence-corrected chi connectivity index (χ1v) is 15.3. The van der Waals surface area contributed by atoms with Crippen LogP contribution in [0.5, 0.6) is 0 Å². The molecule has 2 saturated heterocycles. The summed E-state index contributed by atoms with van der Waals surface area (Å²) in [6.45, 7) is 3.99. The Morgan fingerprint density at radius 1 is 0.625 bits per heavy atom. The molecule has 3 N–H and O–H groups in total. The van der Waals surface area contributed by atoms with Gasteiger partial charge in [0.25, 0.3) is 0 Å². The number of piperidine rings is 2. The van der Waals surface area contributed by atoms with Crippen LogP contribution in [0.25, 0.3) is 0 Å². The van der Waals surface area contributed by atoms with Gasteiger partial charge in [-0.2, -0.15) is 0 Å². The second-order valence-corrected chi connectivity index (χ2v) is 13.2. The molecule has 0 aromatic carbocycles. The number of rotatable bonds is 10. The lowest BCUT2D eigenvalue weighted by Gasteiger charge is -2.45. The number of nitrogens with zero attached hydrogens (tertiary/aromatic N) is 4. The van der Waals surface area contributed by atoms with Crippen molar-refractivity contribution in [3.05, 3.63) is 0 Å². The van der Waals surface area contributed by atoms with E-state index < -0.39 is 11.9 Å². The molecule has 3 saturated carbocycles. The average Bonchev–Trinajstić information content (AvgIpc) is 3.22. The molecule has 0 radical (unpaired) electrons. The molecule has 0 spiro atoms. The summed E-state index contributed by atoms with van der Waals surface area (Å²) in [7, 11) is 0. The van der Waals surface area contributed by atoms with E-state index in [2.05, 4.69) is 6.92 Å². The number of aliphatic hydroxyl groups is 1. The fourth-order valence-corrected chi connectivity index (χ4v) is 8.52. The molecule has 3 aliphatic carbocycles. The Balaban J connectivity index is 1.30. The van der Waals surface area contributed by atoms with Crippen LogP contribution in [-0.4, -0.2) is 129 Å². The van der Waals surface area contributed by atoms with E-state index in [4.69, 9.17) is 0 Å². The van der Waals surface area contributed by atoms with Gasteiger partial charge in [0, 0.05) is 50.1 Å². The number of aliphatic carboxylic acids is 2. The highest BCUT2D eigenvalue weighted by molar-refractivity contribution is 5.80. The molecule has 2 amide bonds. The van der Waals surface area contributed by atoms with Crippen molar-refractivity contribution in [2.75, 3.05) is 52.4 Å². The highest BCUT2D eigenvalue weighted by Gasteiger charge is 2.44. The fraction of sp³-hybridized carbons (Fsp3) is 0.862. The van der Waals surface area contributed by atoms with Crippen LogP contribution in [0.15, 0.2) is 0 Å². The van der Waals surface area contributed by atoms with E-state index in [-0.39, 0.29) is 68.0 Å². The van der Waals surface area contributed by atoms with Crippen LogP contribution in [0.3, 0.4) is 0 Å². The normalized spacial score (nSPS) is 35.4. The van der Waals surface area contributed by atoms with Gasteiger partial charge in [-0.1, -0.05) is 19.8 Å². The minimum atomic E-state index is -1.04. The molecule has 0 aromatic rings. The first-order valence-electron chi connectivity index (χ1n) is 15.3. The van der Waals surface area contributed by atoms with E-state index in [1.54, 1.807) is 14.7 Å². The first kappa shape index (κ1) is 29.3. The largest absolute Gasteiger partial charge is 0.480 e. The molecule has 5 aliphatic rings. The minimum absolute atomic E-state index is 0.0104. The third kappa shape index (κ3) is 6.31. The number of carbonyl (C=O) groups excluding carboxylic acids is 2. The van der Waals surface area contributed by atoms with Gasteiger partial charge < -0.3 is 25.1 Å². The number of likely N-dealkylation sites (tertiary alicyclic amines) is 2. The molecule has 224 valence electrons. The summed E-state index contributed by atoms with van der Waals surface area (Å²) in [5.74, 6) is -0.500. The van der Waals surface area contributed by atoms with Crippen molar-refractivity contribution in [1.29, 1.82) is 0 Å². The Morgan fingerprint density at radius 3 is 1.40 bits per heavy atom. The van der Waals surface area contributed by atoms with Crippen molar-refractivity contribution in [2.45, 2.75) is 76.5 Å². The standard InChI is InChI=1S/C29H46N4O7/c1-18-19-6-7-20(18)11-32(10-19)25(34)14-30(16-27(36)37)23-4-2-3-5-24(23)31(17-28(38)39)15-26(35)33-12-21-8-9-22(13-33)29(21)40/h18-24,29,40H,2-17H2,1H3,(H,36,37)(H,38,39)/t18?,19-,20+,21-,22+,23?,24?,29?. The number of fused-ring (bicyclic) bond motifs is 4. The predicted octanol–water partition coefficient (Wildman–Crippen LogP) is 0.805. The molecule has 0 aromatic heterocycles. The third-order valence-electron chi connectivity index (χ3n) is 10.8. The molecule has 4 bridgehead atoms. The van der Waals surface area contributed by atoms with Crippen molar-refractivity contribution in [3.8, 4) is 0 Å². The van der Waals surface area contributed by atoms with Crippen LogP contribution in [0, 0.1) is 29.6 Å². The molecule has 11 heteroatoms. The Bertz CT molecular complexity index is 874. The maximum absolute atomic E-state index is 13.5. The van der Waals surface area contributed by atoms with E-state index in [0.717, 1.165) is 51.6 Å². The monoisotopic (exact) mass is 562 g/mol. The second kappa shape index (κ2) is 12.3. The van der Waals surface area contributed by atoms with Gasteiger partial charge in [-0.05, 0) is 56.3 Å². The highest BCUT2D eigenvalue weighted by atomic mass is 16.4. The number of carbonyl (C=O) groups is 4. The number of aliphatic hydroxyl groups excluding tert-OH is 1. The van der Waals surface area contributed by atoms with Crippen LogP contribution in [-0.2, 0) is 19.2 Å². The van der Waals surface area contributed by atoms with Gasteiger partial charge in [-0.3, -0.25) is 29.0 Å². The maximum Gasteiger partial charge on any atom is 0.317 e. The van der Waals surface area contributed by atoms with E-state index in [9.17, 15) is 34.5 Å². The van der Waals surface area contributed by atoms with Crippen LogP contribution >= 0.6 is 0 Å². The SMILES string of the molecule is CC1[C@@H]2CC[C@H]1CN(C(=O)CN(CC(=O)O)C1CCCCC1N(CC(=O)O)CC(=O)N1C[C@H]3CC[C@@H](C1)C3O)C2. The van der Waals surface area contributed by atoms with Gasteiger partial charge in [0.1, 0.15) is 0 Å². The number of carboxylic acid groups (broad SMARTS) is 2. The van der Waals surface area contributed by atoms with Gasteiger partial charge in [-0.15, -0.1) is 0 Å². The topological polar surface area (TPSA) is 142 Å². The Labute approximate surface area is 236 Å². The molecule has 11 nitrogen and oxygen atoms in total. The molecule has 8 atom stereocenters. The summed E-state index contributed by atoms with van der Waals surface area (Å²) >= 11 is 0. The quantitative estimate of drug-likeness (QED) is 0.353. The van der Waals surface area contributed by atoms with Crippen molar-refractivity contribution >= 4 is 23.8 Å². The molecule has 5 rings (SSSR count). The van der Waals surface area contributed by atoms with Gasteiger partial charge in [0.2, 0.25) is 11.8 Å². The number of amides is 2. The summed E-state index contributed by atoms with van der Waals surface area (Å²) in [5.41, 5.74) is 0.